The lowest BCUT2D eigenvalue weighted by molar-refractivity contribution is -0.146. The maximum atomic E-state index is 13.6. The summed E-state index contributed by atoms with van der Waals surface area (Å²) in [6, 6.07) is 9.66. The van der Waals surface area contributed by atoms with Crippen LogP contribution in [0.2, 0.25) is 5.02 Å². The number of anilines is 1. The molecule has 0 aliphatic carbocycles. The maximum Gasteiger partial charge on any atom is 0.310 e. The molecule has 7 heteroatoms. The highest BCUT2D eigenvalue weighted by atomic mass is 35.5. The SMILES string of the molecule is CCc1ccc2c(CC(=O)OCC(=O)Nc3ccc(Cl)cc3F)coc2c1. The quantitative estimate of drug-likeness (QED) is 0.630. The molecule has 3 rings (SSSR count). The first-order valence-corrected chi connectivity index (χ1v) is 8.73. The molecule has 2 aromatic carbocycles. The summed E-state index contributed by atoms with van der Waals surface area (Å²) in [4.78, 5) is 23.8. The van der Waals surface area contributed by atoms with E-state index in [1.165, 1.54) is 18.4 Å². The predicted octanol–water partition coefficient (Wildman–Crippen LogP) is 4.51. The van der Waals surface area contributed by atoms with Crippen LogP contribution in [0.25, 0.3) is 11.0 Å². The van der Waals surface area contributed by atoms with Crippen molar-refractivity contribution in [3.63, 3.8) is 0 Å². The van der Waals surface area contributed by atoms with Crippen molar-refractivity contribution in [1.82, 2.24) is 0 Å². The molecule has 140 valence electrons. The lowest BCUT2D eigenvalue weighted by Crippen LogP contribution is -2.22. The number of nitrogens with one attached hydrogen (secondary N) is 1. The highest BCUT2D eigenvalue weighted by Crippen LogP contribution is 2.23. The predicted molar refractivity (Wildman–Crippen MR) is 100 cm³/mol. The number of fused-ring (bicyclic) bond motifs is 1. The van der Waals surface area contributed by atoms with Gasteiger partial charge in [0, 0.05) is 16.0 Å². The van der Waals surface area contributed by atoms with Gasteiger partial charge in [-0.25, -0.2) is 4.39 Å². The van der Waals surface area contributed by atoms with E-state index >= 15 is 0 Å². The third kappa shape index (κ3) is 4.65. The van der Waals surface area contributed by atoms with Gasteiger partial charge in [-0.3, -0.25) is 9.59 Å². The third-order valence-corrected chi connectivity index (χ3v) is 4.27. The van der Waals surface area contributed by atoms with E-state index < -0.39 is 24.3 Å². The number of carbonyl (C=O) groups is 2. The van der Waals surface area contributed by atoms with Crippen LogP contribution in [0, 0.1) is 5.82 Å². The minimum Gasteiger partial charge on any atom is -0.464 e. The van der Waals surface area contributed by atoms with E-state index in [4.69, 9.17) is 20.8 Å². The zero-order valence-electron chi connectivity index (χ0n) is 14.6. The Labute approximate surface area is 160 Å². The first-order chi connectivity index (χ1) is 13.0. The first kappa shape index (κ1) is 18.9. The molecule has 0 bridgehead atoms. The third-order valence-electron chi connectivity index (χ3n) is 4.03. The Balaban J connectivity index is 1.56. The summed E-state index contributed by atoms with van der Waals surface area (Å²) in [6.07, 6.45) is 2.37. The molecule has 27 heavy (non-hydrogen) atoms. The summed E-state index contributed by atoms with van der Waals surface area (Å²) < 4.78 is 24.1. The van der Waals surface area contributed by atoms with Crippen molar-refractivity contribution in [3.8, 4) is 0 Å². The molecule has 0 unspecified atom stereocenters. The van der Waals surface area contributed by atoms with Crippen molar-refractivity contribution < 1.29 is 23.1 Å². The average molecular weight is 390 g/mol. The Hall–Kier alpha value is -2.86. The average Bonchev–Trinajstić information content (AvgIpc) is 3.04. The fraction of sp³-hybridized carbons (Fsp3) is 0.200. The molecule has 1 N–H and O–H groups in total. The van der Waals surface area contributed by atoms with Crippen LogP contribution in [0.15, 0.2) is 47.1 Å². The second kappa shape index (κ2) is 8.22. The molecule has 0 aliphatic heterocycles. The van der Waals surface area contributed by atoms with Crippen LogP contribution < -0.4 is 5.32 Å². The number of furan rings is 1. The molecule has 1 amide bonds. The Kier molecular flexibility index (Phi) is 5.76. The Morgan fingerprint density at radius 2 is 2.04 bits per heavy atom. The van der Waals surface area contributed by atoms with E-state index in [9.17, 15) is 14.0 Å². The van der Waals surface area contributed by atoms with Gasteiger partial charge < -0.3 is 14.5 Å². The number of hydrogen-bond donors (Lipinski definition) is 1. The zero-order valence-corrected chi connectivity index (χ0v) is 15.3. The van der Waals surface area contributed by atoms with Crippen LogP contribution in [0.5, 0.6) is 0 Å². The summed E-state index contributed by atoms with van der Waals surface area (Å²) in [6.45, 7) is 1.53. The number of rotatable bonds is 6. The summed E-state index contributed by atoms with van der Waals surface area (Å²) in [5.74, 6) is -1.89. The number of aryl methyl sites for hydroxylation is 1. The van der Waals surface area contributed by atoms with Gasteiger partial charge in [0.2, 0.25) is 0 Å². The Morgan fingerprint density at radius 3 is 2.78 bits per heavy atom. The van der Waals surface area contributed by atoms with E-state index in [1.54, 1.807) is 0 Å². The van der Waals surface area contributed by atoms with Crippen molar-refractivity contribution >= 4 is 40.1 Å². The second-order valence-corrected chi connectivity index (χ2v) is 6.39. The van der Waals surface area contributed by atoms with Gasteiger partial charge in [0.1, 0.15) is 11.4 Å². The lowest BCUT2D eigenvalue weighted by atomic mass is 10.1. The van der Waals surface area contributed by atoms with E-state index in [0.29, 0.717) is 11.1 Å². The number of ether oxygens (including phenoxy) is 1. The zero-order chi connectivity index (χ0) is 19.4. The number of carbonyl (C=O) groups excluding carboxylic acids is 2. The number of amides is 1. The van der Waals surface area contributed by atoms with Crippen LogP contribution in [-0.2, 0) is 27.2 Å². The van der Waals surface area contributed by atoms with E-state index in [0.717, 1.165) is 23.4 Å². The number of esters is 1. The van der Waals surface area contributed by atoms with Gasteiger partial charge in [-0.05, 0) is 36.2 Å². The van der Waals surface area contributed by atoms with Gasteiger partial charge >= 0.3 is 5.97 Å². The monoisotopic (exact) mass is 389 g/mol. The van der Waals surface area contributed by atoms with Gasteiger partial charge in [0.05, 0.1) is 18.4 Å². The summed E-state index contributed by atoms with van der Waals surface area (Å²) in [7, 11) is 0. The summed E-state index contributed by atoms with van der Waals surface area (Å²) >= 11 is 5.65. The number of hydrogen-bond acceptors (Lipinski definition) is 4. The smallest absolute Gasteiger partial charge is 0.310 e. The van der Waals surface area contributed by atoms with E-state index in [-0.39, 0.29) is 17.1 Å². The molecule has 5 nitrogen and oxygen atoms in total. The topological polar surface area (TPSA) is 68.5 Å². The molecule has 1 heterocycles. The standard InChI is InChI=1S/C20H17ClFNO4/c1-2-12-3-5-15-13(10-26-18(15)7-12)8-20(25)27-11-19(24)23-17-6-4-14(21)9-16(17)22/h3-7,9-10H,2,8,11H2,1H3,(H,23,24). The van der Waals surface area contributed by atoms with Gasteiger partial charge in [-0.2, -0.15) is 0 Å². The normalized spacial score (nSPS) is 10.8. The molecular weight excluding hydrogens is 373 g/mol. The molecule has 1 aromatic heterocycles. The van der Waals surface area contributed by atoms with Gasteiger partial charge in [-0.15, -0.1) is 0 Å². The van der Waals surface area contributed by atoms with Crippen molar-refractivity contribution in [3.05, 3.63) is 64.6 Å². The van der Waals surface area contributed by atoms with Crippen molar-refractivity contribution in [1.29, 1.82) is 0 Å². The van der Waals surface area contributed by atoms with E-state index in [1.807, 2.05) is 25.1 Å². The number of halogens is 2. The fourth-order valence-electron chi connectivity index (χ4n) is 2.61. The molecular formula is C20H17ClFNO4. The Morgan fingerprint density at radius 1 is 1.22 bits per heavy atom. The van der Waals surface area contributed by atoms with Gasteiger partial charge in [-0.1, -0.05) is 30.7 Å². The lowest BCUT2D eigenvalue weighted by Gasteiger charge is -2.07. The molecule has 0 spiro atoms. The van der Waals surface area contributed by atoms with Crippen LogP contribution in [-0.4, -0.2) is 18.5 Å². The van der Waals surface area contributed by atoms with Gasteiger partial charge in [0.25, 0.3) is 5.91 Å². The molecule has 0 radical (unpaired) electrons. The molecule has 0 atom stereocenters. The second-order valence-electron chi connectivity index (χ2n) is 5.95. The fourth-order valence-corrected chi connectivity index (χ4v) is 2.77. The van der Waals surface area contributed by atoms with E-state index in [2.05, 4.69) is 5.32 Å². The maximum absolute atomic E-state index is 13.6. The van der Waals surface area contributed by atoms with Crippen LogP contribution in [0.4, 0.5) is 10.1 Å². The van der Waals surface area contributed by atoms with Crippen LogP contribution >= 0.6 is 11.6 Å². The molecule has 3 aromatic rings. The Bertz CT molecular complexity index is 999. The highest BCUT2D eigenvalue weighted by molar-refractivity contribution is 6.30. The van der Waals surface area contributed by atoms with Crippen molar-refractivity contribution in [2.75, 3.05) is 11.9 Å². The van der Waals surface area contributed by atoms with Gasteiger partial charge in [0.15, 0.2) is 6.61 Å². The minimum atomic E-state index is -0.668. The number of benzene rings is 2. The first-order valence-electron chi connectivity index (χ1n) is 8.35. The minimum absolute atomic E-state index is 0.0267. The largest absolute Gasteiger partial charge is 0.464 e. The van der Waals surface area contributed by atoms with Crippen molar-refractivity contribution in [2.45, 2.75) is 19.8 Å². The van der Waals surface area contributed by atoms with Crippen LogP contribution in [0.1, 0.15) is 18.1 Å². The molecule has 0 aliphatic rings. The highest BCUT2D eigenvalue weighted by Gasteiger charge is 2.14. The van der Waals surface area contributed by atoms with Crippen molar-refractivity contribution in [2.24, 2.45) is 0 Å². The summed E-state index contributed by atoms with van der Waals surface area (Å²) in [5.41, 5.74) is 2.49. The molecule has 0 saturated carbocycles. The summed E-state index contributed by atoms with van der Waals surface area (Å²) in [5, 5.41) is 3.37. The molecule has 0 saturated heterocycles. The van der Waals surface area contributed by atoms with Crippen LogP contribution in [0.3, 0.4) is 0 Å². The molecule has 0 fully saturated rings.